The first-order valence-electron chi connectivity index (χ1n) is 7.04. The van der Waals surface area contributed by atoms with Crippen molar-refractivity contribution in [3.63, 3.8) is 0 Å². The Morgan fingerprint density at radius 2 is 2.15 bits per heavy atom. The van der Waals surface area contributed by atoms with E-state index < -0.39 is 0 Å². The molecule has 0 aliphatic heterocycles. The number of carbonyl (C=O) groups is 1. The number of hydrogen-bond donors (Lipinski definition) is 0. The zero-order valence-corrected chi connectivity index (χ0v) is 12.1. The van der Waals surface area contributed by atoms with Gasteiger partial charge in [-0.3, -0.25) is 9.69 Å². The third-order valence-corrected chi connectivity index (χ3v) is 5.61. The van der Waals surface area contributed by atoms with Gasteiger partial charge in [0, 0.05) is 13.0 Å². The van der Waals surface area contributed by atoms with Gasteiger partial charge in [0.05, 0.1) is 10.2 Å². The van der Waals surface area contributed by atoms with Crippen molar-refractivity contribution in [2.24, 2.45) is 17.8 Å². The molecule has 2 aromatic rings. The summed E-state index contributed by atoms with van der Waals surface area (Å²) in [5.41, 5.74) is 0.972. The van der Waals surface area contributed by atoms with Gasteiger partial charge in [-0.25, -0.2) is 4.98 Å². The molecule has 3 atom stereocenters. The molecule has 0 unspecified atom stereocenters. The van der Waals surface area contributed by atoms with Crippen LogP contribution in [0.5, 0.6) is 0 Å². The van der Waals surface area contributed by atoms with Gasteiger partial charge in [0.25, 0.3) is 0 Å². The van der Waals surface area contributed by atoms with Gasteiger partial charge in [-0.1, -0.05) is 35.6 Å². The molecule has 2 aliphatic rings. The molecule has 4 heteroatoms. The maximum Gasteiger partial charge on any atom is 0.232 e. The number of aromatic nitrogens is 1. The van der Waals surface area contributed by atoms with Crippen LogP contribution >= 0.6 is 11.3 Å². The Kier molecular flexibility index (Phi) is 2.67. The molecule has 1 heterocycles. The summed E-state index contributed by atoms with van der Waals surface area (Å²) in [6.45, 7) is 0. The minimum absolute atomic E-state index is 0.155. The number of amides is 1. The summed E-state index contributed by atoms with van der Waals surface area (Å²) in [4.78, 5) is 19.0. The summed E-state index contributed by atoms with van der Waals surface area (Å²) < 4.78 is 1.13. The Balaban J connectivity index is 1.61. The molecular formula is C16H16N2OS. The van der Waals surface area contributed by atoms with E-state index in [1.807, 2.05) is 25.2 Å². The van der Waals surface area contributed by atoms with E-state index in [2.05, 4.69) is 23.2 Å². The molecule has 1 saturated carbocycles. The standard InChI is InChI=1S/C16H16N2OS/c1-18(15(19)12-9-10-6-7-11(12)8-10)16-17-13-4-2-3-5-14(13)20-16/h2-7,10-12H,8-9H2,1H3/t10-,11-,12-/m0/s1. The van der Waals surface area contributed by atoms with Crippen LogP contribution in [0.25, 0.3) is 10.2 Å². The lowest BCUT2D eigenvalue weighted by atomic mass is 9.92. The molecule has 3 nitrogen and oxygen atoms in total. The second-order valence-corrected chi connectivity index (χ2v) is 6.76. The second-order valence-electron chi connectivity index (χ2n) is 5.75. The Bertz CT molecular complexity index is 672. The van der Waals surface area contributed by atoms with Crippen molar-refractivity contribution in [2.75, 3.05) is 11.9 Å². The molecule has 102 valence electrons. The summed E-state index contributed by atoms with van der Waals surface area (Å²) in [6.07, 6.45) is 6.66. The van der Waals surface area contributed by atoms with Gasteiger partial charge in [-0.2, -0.15) is 0 Å². The van der Waals surface area contributed by atoms with Crippen molar-refractivity contribution in [1.82, 2.24) is 4.98 Å². The number of para-hydroxylation sites is 1. The van der Waals surface area contributed by atoms with E-state index in [0.29, 0.717) is 11.8 Å². The van der Waals surface area contributed by atoms with Gasteiger partial charge in [0.1, 0.15) is 0 Å². The predicted octanol–water partition coefficient (Wildman–Crippen LogP) is 3.47. The monoisotopic (exact) mass is 284 g/mol. The fraction of sp³-hybridized carbons (Fsp3) is 0.375. The zero-order chi connectivity index (χ0) is 13.7. The van der Waals surface area contributed by atoms with Gasteiger partial charge in [0.15, 0.2) is 5.13 Å². The summed E-state index contributed by atoms with van der Waals surface area (Å²) in [5, 5.41) is 0.808. The number of benzene rings is 1. The smallest absolute Gasteiger partial charge is 0.232 e. The van der Waals surface area contributed by atoms with E-state index in [1.165, 1.54) is 0 Å². The van der Waals surface area contributed by atoms with Gasteiger partial charge < -0.3 is 0 Å². The van der Waals surface area contributed by atoms with E-state index in [9.17, 15) is 4.79 Å². The maximum absolute atomic E-state index is 12.7. The zero-order valence-electron chi connectivity index (χ0n) is 11.3. The van der Waals surface area contributed by atoms with Crippen LogP contribution in [0.4, 0.5) is 5.13 Å². The van der Waals surface area contributed by atoms with Crippen LogP contribution in [0.1, 0.15) is 12.8 Å². The maximum atomic E-state index is 12.7. The summed E-state index contributed by atoms with van der Waals surface area (Å²) >= 11 is 1.59. The molecule has 0 spiro atoms. The van der Waals surface area contributed by atoms with Crippen LogP contribution in [0.2, 0.25) is 0 Å². The molecule has 0 radical (unpaired) electrons. The molecule has 1 aromatic heterocycles. The van der Waals surface area contributed by atoms with Crippen LogP contribution < -0.4 is 4.90 Å². The highest BCUT2D eigenvalue weighted by atomic mass is 32.1. The van der Waals surface area contributed by atoms with E-state index in [0.717, 1.165) is 28.2 Å². The molecular weight excluding hydrogens is 268 g/mol. The van der Waals surface area contributed by atoms with Crippen molar-refractivity contribution in [2.45, 2.75) is 12.8 Å². The Labute approximate surface area is 121 Å². The molecule has 2 aliphatic carbocycles. The van der Waals surface area contributed by atoms with Crippen molar-refractivity contribution >= 4 is 32.6 Å². The van der Waals surface area contributed by atoms with Crippen LogP contribution in [0.15, 0.2) is 36.4 Å². The van der Waals surface area contributed by atoms with Crippen molar-refractivity contribution in [1.29, 1.82) is 0 Å². The van der Waals surface area contributed by atoms with Gasteiger partial charge in [-0.05, 0) is 36.8 Å². The van der Waals surface area contributed by atoms with Gasteiger partial charge in [0.2, 0.25) is 5.91 Å². The van der Waals surface area contributed by atoms with Gasteiger partial charge >= 0.3 is 0 Å². The lowest BCUT2D eigenvalue weighted by Crippen LogP contribution is -2.34. The minimum atomic E-state index is 0.155. The van der Waals surface area contributed by atoms with E-state index in [4.69, 9.17) is 0 Å². The predicted molar refractivity (Wildman–Crippen MR) is 81.9 cm³/mol. The van der Waals surface area contributed by atoms with Crippen molar-refractivity contribution < 1.29 is 4.79 Å². The quantitative estimate of drug-likeness (QED) is 0.791. The minimum Gasteiger partial charge on any atom is -0.291 e. The summed E-state index contributed by atoms with van der Waals surface area (Å²) in [6, 6.07) is 8.03. The number of thiazole rings is 1. The van der Waals surface area contributed by atoms with Crippen molar-refractivity contribution in [3.8, 4) is 0 Å². The van der Waals surface area contributed by atoms with Crippen LogP contribution in [-0.2, 0) is 4.79 Å². The van der Waals surface area contributed by atoms with Crippen LogP contribution in [-0.4, -0.2) is 17.9 Å². The number of allylic oxidation sites excluding steroid dienone is 2. The third-order valence-electron chi connectivity index (χ3n) is 4.50. The molecule has 0 saturated heterocycles. The molecule has 1 amide bonds. The largest absolute Gasteiger partial charge is 0.291 e. The molecule has 1 aromatic carbocycles. The van der Waals surface area contributed by atoms with Crippen LogP contribution in [0, 0.1) is 17.8 Å². The number of anilines is 1. The van der Waals surface area contributed by atoms with Gasteiger partial charge in [-0.15, -0.1) is 0 Å². The third kappa shape index (κ3) is 1.79. The molecule has 20 heavy (non-hydrogen) atoms. The van der Waals surface area contributed by atoms with Crippen LogP contribution in [0.3, 0.4) is 0 Å². The molecule has 4 rings (SSSR count). The first-order valence-corrected chi connectivity index (χ1v) is 7.85. The highest BCUT2D eigenvalue weighted by molar-refractivity contribution is 7.22. The number of nitrogens with zero attached hydrogens (tertiary/aromatic N) is 2. The highest BCUT2D eigenvalue weighted by Crippen LogP contribution is 2.44. The topological polar surface area (TPSA) is 33.2 Å². The van der Waals surface area contributed by atoms with E-state index in [-0.39, 0.29) is 11.8 Å². The lowest BCUT2D eigenvalue weighted by Gasteiger charge is -2.22. The number of rotatable bonds is 2. The number of hydrogen-bond acceptors (Lipinski definition) is 3. The average Bonchev–Trinajstić information content (AvgIpc) is 3.19. The van der Waals surface area contributed by atoms with Crippen molar-refractivity contribution in [3.05, 3.63) is 36.4 Å². The first kappa shape index (κ1) is 12.1. The fourth-order valence-electron chi connectivity index (χ4n) is 3.41. The number of fused-ring (bicyclic) bond motifs is 3. The Morgan fingerprint density at radius 1 is 1.30 bits per heavy atom. The highest BCUT2D eigenvalue weighted by Gasteiger charge is 2.41. The SMILES string of the molecule is CN(C(=O)[C@H]1C[C@H]2C=C[C@H]1C2)c1nc2ccccc2s1. The second kappa shape index (κ2) is 4.42. The molecule has 2 bridgehead atoms. The van der Waals surface area contributed by atoms with E-state index in [1.54, 1.807) is 16.2 Å². The molecule has 0 N–H and O–H groups in total. The first-order chi connectivity index (χ1) is 9.72. The summed E-state index contributed by atoms with van der Waals surface area (Å²) in [5.74, 6) is 1.45. The lowest BCUT2D eigenvalue weighted by molar-refractivity contribution is -0.122. The number of carbonyl (C=O) groups excluding carboxylic acids is 1. The Morgan fingerprint density at radius 3 is 2.85 bits per heavy atom. The normalized spacial score (nSPS) is 27.4. The summed E-state index contributed by atoms with van der Waals surface area (Å²) in [7, 11) is 1.86. The fourth-order valence-corrected chi connectivity index (χ4v) is 4.34. The molecule has 1 fully saturated rings. The van der Waals surface area contributed by atoms with E-state index >= 15 is 0 Å². The Hall–Kier alpha value is -1.68. The average molecular weight is 284 g/mol.